The minimum atomic E-state index is -1.09. The third-order valence-electron chi connectivity index (χ3n) is 3.76. The van der Waals surface area contributed by atoms with Crippen molar-refractivity contribution in [2.75, 3.05) is 14.2 Å². The number of para-hydroxylation sites is 1. The Labute approximate surface area is 147 Å². The number of methoxy groups -OCH3 is 2. The molecule has 2 rings (SSSR count). The highest BCUT2D eigenvalue weighted by Gasteiger charge is 2.20. The average molecular weight is 341 g/mol. The standard InChI is InChI=1S/C20H23NO4/c1-24-18-11-7-6-10-16(18)12-13-19(22)21-17(20(23)25-2)14-15-8-4-3-5-9-15/h3-13,17,20,23H,14H2,1-2H3,(H,21,22)/b13-12+/t17-,20?/m0/s1. The smallest absolute Gasteiger partial charge is 0.244 e. The molecule has 0 aromatic heterocycles. The molecule has 0 spiro atoms. The van der Waals surface area contributed by atoms with Gasteiger partial charge < -0.3 is 19.9 Å². The Balaban J connectivity index is 2.05. The van der Waals surface area contributed by atoms with E-state index in [4.69, 9.17) is 9.47 Å². The first kappa shape index (κ1) is 18.7. The molecule has 0 saturated carbocycles. The maximum Gasteiger partial charge on any atom is 0.244 e. The Morgan fingerprint density at radius 1 is 1.12 bits per heavy atom. The van der Waals surface area contributed by atoms with Crippen molar-refractivity contribution < 1.29 is 19.4 Å². The summed E-state index contributed by atoms with van der Waals surface area (Å²) in [5.74, 6) is 0.368. The molecule has 5 heteroatoms. The topological polar surface area (TPSA) is 67.8 Å². The molecule has 2 N–H and O–H groups in total. The molecular weight excluding hydrogens is 318 g/mol. The predicted octanol–water partition coefficient (Wildman–Crippen LogP) is 2.40. The Morgan fingerprint density at radius 3 is 2.48 bits per heavy atom. The van der Waals surface area contributed by atoms with Gasteiger partial charge in [-0.15, -0.1) is 0 Å². The van der Waals surface area contributed by atoms with Crippen molar-refractivity contribution in [1.29, 1.82) is 0 Å². The van der Waals surface area contributed by atoms with Gasteiger partial charge in [0.25, 0.3) is 0 Å². The van der Waals surface area contributed by atoms with Crippen molar-refractivity contribution in [1.82, 2.24) is 5.32 Å². The first-order chi connectivity index (χ1) is 12.1. The van der Waals surface area contributed by atoms with E-state index in [1.54, 1.807) is 13.2 Å². The zero-order valence-corrected chi connectivity index (χ0v) is 14.4. The molecule has 1 amide bonds. The number of aliphatic hydroxyl groups is 1. The number of benzene rings is 2. The molecule has 0 saturated heterocycles. The van der Waals surface area contributed by atoms with E-state index in [1.165, 1.54) is 13.2 Å². The molecule has 5 nitrogen and oxygen atoms in total. The summed E-state index contributed by atoms with van der Waals surface area (Å²) in [6, 6.07) is 16.5. The molecular formula is C20H23NO4. The molecule has 0 aliphatic rings. The van der Waals surface area contributed by atoms with Crippen LogP contribution in [0, 0.1) is 0 Å². The monoisotopic (exact) mass is 341 g/mol. The summed E-state index contributed by atoms with van der Waals surface area (Å²) in [5.41, 5.74) is 1.80. The third-order valence-corrected chi connectivity index (χ3v) is 3.76. The summed E-state index contributed by atoms with van der Waals surface area (Å²) < 4.78 is 10.2. The predicted molar refractivity (Wildman–Crippen MR) is 97.1 cm³/mol. The molecule has 132 valence electrons. The van der Waals surface area contributed by atoms with Crippen molar-refractivity contribution in [3.8, 4) is 5.75 Å². The molecule has 0 fully saturated rings. The minimum absolute atomic E-state index is 0.317. The number of hydrogen-bond acceptors (Lipinski definition) is 4. The molecule has 2 aromatic rings. The maximum atomic E-state index is 12.2. The number of nitrogens with one attached hydrogen (secondary N) is 1. The van der Waals surface area contributed by atoms with Crippen LogP contribution in [0.2, 0.25) is 0 Å². The van der Waals surface area contributed by atoms with E-state index in [0.29, 0.717) is 12.2 Å². The van der Waals surface area contributed by atoms with Gasteiger partial charge in [-0.25, -0.2) is 0 Å². The second kappa shape index (κ2) is 9.61. The molecule has 2 atom stereocenters. The molecule has 2 aromatic carbocycles. The van der Waals surface area contributed by atoms with Gasteiger partial charge in [-0.3, -0.25) is 4.79 Å². The fraction of sp³-hybridized carbons (Fsp3) is 0.250. The molecule has 0 aliphatic heterocycles. The Kier molecular flexibility index (Phi) is 7.19. The average Bonchev–Trinajstić information content (AvgIpc) is 2.66. The number of aliphatic hydroxyl groups excluding tert-OH is 1. The van der Waals surface area contributed by atoms with Crippen LogP contribution in [0.25, 0.3) is 6.08 Å². The van der Waals surface area contributed by atoms with Gasteiger partial charge >= 0.3 is 0 Å². The fourth-order valence-electron chi connectivity index (χ4n) is 2.46. The van der Waals surface area contributed by atoms with Crippen LogP contribution in [0.15, 0.2) is 60.7 Å². The van der Waals surface area contributed by atoms with Crippen LogP contribution in [0.1, 0.15) is 11.1 Å². The molecule has 1 unspecified atom stereocenters. The van der Waals surface area contributed by atoms with E-state index in [-0.39, 0.29) is 5.91 Å². The van der Waals surface area contributed by atoms with Gasteiger partial charge in [0, 0.05) is 18.7 Å². The van der Waals surface area contributed by atoms with Gasteiger partial charge in [0.05, 0.1) is 13.2 Å². The van der Waals surface area contributed by atoms with Crippen molar-refractivity contribution in [3.63, 3.8) is 0 Å². The Hall–Kier alpha value is -2.63. The largest absolute Gasteiger partial charge is 0.496 e. The van der Waals surface area contributed by atoms with E-state index in [0.717, 1.165) is 11.1 Å². The van der Waals surface area contributed by atoms with E-state index < -0.39 is 12.3 Å². The SMILES string of the molecule is COc1ccccc1/C=C/C(=O)N[C@@H](Cc1ccccc1)C(O)OC. The van der Waals surface area contributed by atoms with Crippen LogP contribution in [-0.2, 0) is 16.0 Å². The summed E-state index contributed by atoms with van der Waals surface area (Å²) in [6.07, 6.45) is 2.46. The van der Waals surface area contributed by atoms with Gasteiger partial charge in [0.2, 0.25) is 5.91 Å². The number of carbonyl (C=O) groups excluding carboxylic acids is 1. The minimum Gasteiger partial charge on any atom is -0.496 e. The zero-order chi connectivity index (χ0) is 18.1. The lowest BCUT2D eigenvalue weighted by Crippen LogP contribution is -2.45. The van der Waals surface area contributed by atoms with Crippen LogP contribution in [0.3, 0.4) is 0 Å². The molecule has 0 aliphatic carbocycles. The van der Waals surface area contributed by atoms with Gasteiger partial charge in [-0.05, 0) is 24.1 Å². The number of ether oxygens (including phenoxy) is 2. The summed E-state index contributed by atoms with van der Waals surface area (Å²) in [5, 5.41) is 12.8. The number of hydrogen-bond donors (Lipinski definition) is 2. The molecule has 0 radical (unpaired) electrons. The Bertz CT molecular complexity index is 700. The summed E-state index contributed by atoms with van der Waals surface area (Å²) in [6.45, 7) is 0. The number of carbonyl (C=O) groups is 1. The van der Waals surface area contributed by atoms with Crippen molar-refractivity contribution in [2.24, 2.45) is 0 Å². The normalized spacial score (nSPS) is 13.4. The molecule has 0 bridgehead atoms. The first-order valence-corrected chi connectivity index (χ1v) is 8.00. The summed E-state index contributed by atoms with van der Waals surface area (Å²) in [7, 11) is 2.98. The third kappa shape index (κ3) is 5.74. The summed E-state index contributed by atoms with van der Waals surface area (Å²) in [4.78, 5) is 12.2. The Morgan fingerprint density at radius 2 is 1.80 bits per heavy atom. The molecule has 25 heavy (non-hydrogen) atoms. The lowest BCUT2D eigenvalue weighted by atomic mass is 10.1. The van der Waals surface area contributed by atoms with Crippen molar-refractivity contribution in [3.05, 3.63) is 71.8 Å². The quantitative estimate of drug-likeness (QED) is 0.571. The highest BCUT2D eigenvalue weighted by Crippen LogP contribution is 2.18. The van der Waals surface area contributed by atoms with Crippen molar-refractivity contribution >= 4 is 12.0 Å². The van der Waals surface area contributed by atoms with Crippen LogP contribution in [0.4, 0.5) is 0 Å². The second-order valence-electron chi connectivity index (χ2n) is 5.51. The van der Waals surface area contributed by atoms with Crippen LogP contribution in [-0.4, -0.2) is 37.6 Å². The highest BCUT2D eigenvalue weighted by molar-refractivity contribution is 5.92. The van der Waals surface area contributed by atoms with Crippen LogP contribution in [0.5, 0.6) is 5.75 Å². The zero-order valence-electron chi connectivity index (χ0n) is 14.4. The van der Waals surface area contributed by atoms with Crippen LogP contribution < -0.4 is 10.1 Å². The van der Waals surface area contributed by atoms with E-state index >= 15 is 0 Å². The van der Waals surface area contributed by atoms with Gasteiger partial charge in [0.1, 0.15) is 5.75 Å². The summed E-state index contributed by atoms with van der Waals surface area (Å²) >= 11 is 0. The molecule has 0 heterocycles. The highest BCUT2D eigenvalue weighted by atomic mass is 16.6. The van der Waals surface area contributed by atoms with Gasteiger partial charge in [0.15, 0.2) is 6.29 Å². The van der Waals surface area contributed by atoms with Crippen LogP contribution >= 0.6 is 0 Å². The van der Waals surface area contributed by atoms with E-state index in [2.05, 4.69) is 5.32 Å². The lowest BCUT2D eigenvalue weighted by molar-refractivity contribution is -0.126. The second-order valence-corrected chi connectivity index (χ2v) is 5.51. The van der Waals surface area contributed by atoms with Gasteiger partial charge in [-0.1, -0.05) is 48.5 Å². The number of amides is 1. The van der Waals surface area contributed by atoms with E-state index in [9.17, 15) is 9.90 Å². The van der Waals surface area contributed by atoms with Gasteiger partial charge in [-0.2, -0.15) is 0 Å². The van der Waals surface area contributed by atoms with Crippen molar-refractivity contribution in [2.45, 2.75) is 18.8 Å². The van der Waals surface area contributed by atoms with E-state index in [1.807, 2.05) is 54.6 Å². The maximum absolute atomic E-state index is 12.2. The first-order valence-electron chi connectivity index (χ1n) is 8.00. The lowest BCUT2D eigenvalue weighted by Gasteiger charge is -2.22. The number of rotatable bonds is 8. The fourth-order valence-corrected chi connectivity index (χ4v) is 2.46.